The Morgan fingerprint density at radius 1 is 1.00 bits per heavy atom. The highest BCUT2D eigenvalue weighted by Gasteiger charge is 2.29. The van der Waals surface area contributed by atoms with Gasteiger partial charge in [-0.1, -0.05) is 48.8 Å². The number of hydrogen-bond acceptors (Lipinski definition) is 1. The first-order chi connectivity index (χ1) is 5.29. The third-order valence-corrected chi connectivity index (χ3v) is 3.60. The summed E-state index contributed by atoms with van der Waals surface area (Å²) in [6.45, 7) is 4.57. The predicted octanol–water partition coefficient (Wildman–Crippen LogP) is 1.09. The minimum atomic E-state index is 0.696. The van der Waals surface area contributed by atoms with Gasteiger partial charge in [0.1, 0.15) is 0 Å². The van der Waals surface area contributed by atoms with Gasteiger partial charge in [-0.2, -0.15) is 0 Å². The Kier molecular flexibility index (Phi) is 1.76. The first-order valence-corrected chi connectivity index (χ1v) is 4.97. The van der Waals surface area contributed by atoms with E-state index in [1.54, 1.807) is 0 Å². The van der Waals surface area contributed by atoms with Crippen LogP contribution in [0.4, 0.5) is 0 Å². The third kappa shape index (κ3) is 1.12. The highest BCUT2D eigenvalue weighted by molar-refractivity contribution is 8.48. The molecule has 3 heteroatoms. The van der Waals surface area contributed by atoms with Crippen LogP contribution in [-0.4, -0.2) is 12.0 Å². The molecule has 0 saturated heterocycles. The minimum absolute atomic E-state index is 0.696. The topological polar surface area (TPSA) is 0 Å². The first kappa shape index (κ1) is 7.35. The first-order valence-electron chi connectivity index (χ1n) is 4.03. The fourth-order valence-electron chi connectivity index (χ4n) is 1.70. The maximum Gasteiger partial charge on any atom is 0.226 e. The quantitative estimate of drug-likeness (QED) is 0.511. The third-order valence-electron chi connectivity index (χ3n) is 2.28. The van der Waals surface area contributed by atoms with Crippen molar-refractivity contribution in [2.75, 3.05) is 0 Å². The molecule has 1 aliphatic heterocycles. The van der Waals surface area contributed by atoms with Gasteiger partial charge in [0.05, 0.1) is 0 Å². The highest BCUT2D eigenvalue weighted by Crippen LogP contribution is 2.16. The molecule has 0 aliphatic carbocycles. The molecule has 0 aromatic heterocycles. The Bertz CT molecular complexity index is 248. The Morgan fingerprint density at radius 2 is 1.45 bits per heavy atom. The van der Waals surface area contributed by atoms with Gasteiger partial charge in [-0.05, 0) is 0 Å². The van der Waals surface area contributed by atoms with E-state index in [0.717, 1.165) is 0 Å². The van der Waals surface area contributed by atoms with Crippen LogP contribution in [-0.2, 0) is 0 Å². The van der Waals surface area contributed by atoms with Gasteiger partial charge in [-0.15, -0.1) is 0 Å². The zero-order chi connectivity index (χ0) is 7.84. The Morgan fingerprint density at radius 3 is 1.91 bits per heavy atom. The number of hydrogen-bond donors (Lipinski definition) is 0. The van der Waals surface area contributed by atoms with Crippen LogP contribution in [0.3, 0.4) is 0 Å². The molecule has 1 aromatic rings. The van der Waals surface area contributed by atoms with Crippen molar-refractivity contribution >= 4 is 34.4 Å². The molecule has 2 rings (SSSR count). The molecular formula is C8H10B2S. The molecule has 1 aromatic carbocycles. The average molecular weight is 160 g/mol. The van der Waals surface area contributed by atoms with Gasteiger partial charge in [0.2, 0.25) is 12.0 Å². The van der Waals surface area contributed by atoms with E-state index >= 15 is 0 Å². The molecule has 0 spiro atoms. The fourth-order valence-corrected chi connectivity index (χ4v) is 3.04. The second-order valence-electron chi connectivity index (χ2n) is 3.05. The molecule has 0 amide bonds. The highest BCUT2D eigenvalue weighted by atomic mass is 32.2. The molecule has 0 bridgehead atoms. The monoisotopic (exact) mass is 160 g/mol. The van der Waals surface area contributed by atoms with Crippen molar-refractivity contribution in [2.24, 2.45) is 0 Å². The van der Waals surface area contributed by atoms with Crippen molar-refractivity contribution in [2.45, 2.75) is 13.6 Å². The van der Waals surface area contributed by atoms with E-state index < -0.39 is 0 Å². The van der Waals surface area contributed by atoms with E-state index in [-0.39, 0.29) is 0 Å². The molecule has 54 valence electrons. The average Bonchev–Trinajstić information content (AvgIpc) is 2.30. The molecule has 1 aliphatic rings. The summed E-state index contributed by atoms with van der Waals surface area (Å²) in [5, 5.41) is 0. The van der Waals surface area contributed by atoms with Gasteiger partial charge < -0.3 is 0 Å². The maximum atomic E-state index is 2.28. The molecule has 0 unspecified atom stereocenters. The van der Waals surface area contributed by atoms with E-state index in [0.29, 0.717) is 12.0 Å². The van der Waals surface area contributed by atoms with Crippen molar-refractivity contribution in [1.29, 1.82) is 0 Å². The van der Waals surface area contributed by atoms with Crippen molar-refractivity contribution in [3.05, 3.63) is 24.3 Å². The Hall–Kier alpha value is -0.300. The number of rotatable bonds is 0. The van der Waals surface area contributed by atoms with Crippen LogP contribution in [0.2, 0.25) is 13.6 Å². The molecule has 0 radical (unpaired) electrons. The molecule has 0 saturated carbocycles. The van der Waals surface area contributed by atoms with Gasteiger partial charge in [-0.3, -0.25) is 0 Å². The predicted molar refractivity (Wildman–Crippen MR) is 56.5 cm³/mol. The summed E-state index contributed by atoms with van der Waals surface area (Å²) in [5.74, 6) is 1.39. The van der Waals surface area contributed by atoms with Crippen molar-refractivity contribution in [3.8, 4) is 0 Å². The van der Waals surface area contributed by atoms with Gasteiger partial charge in [0.15, 0.2) is 0 Å². The van der Waals surface area contributed by atoms with Crippen LogP contribution < -0.4 is 10.9 Å². The van der Waals surface area contributed by atoms with Crippen LogP contribution >= 0.6 is 11.5 Å². The summed E-state index contributed by atoms with van der Waals surface area (Å²) >= 11 is 2.05. The Labute approximate surface area is 72.7 Å². The fraction of sp³-hybridized carbons (Fsp3) is 0.250. The molecular weight excluding hydrogens is 150 g/mol. The zero-order valence-corrected chi connectivity index (χ0v) is 7.69. The van der Waals surface area contributed by atoms with Crippen LogP contribution in [0.25, 0.3) is 0 Å². The van der Waals surface area contributed by atoms with E-state index in [1.807, 2.05) is 11.5 Å². The van der Waals surface area contributed by atoms with E-state index in [9.17, 15) is 0 Å². The standard InChI is InChI=1S/C8H10B2S/c1-9-7-5-3-4-6-8(7)10(2)11-9/h3-6H,1-2H3. The molecule has 1 heterocycles. The van der Waals surface area contributed by atoms with Gasteiger partial charge in [0.25, 0.3) is 0 Å². The smallest absolute Gasteiger partial charge is 0.226 e. The maximum absolute atomic E-state index is 2.28. The summed E-state index contributed by atoms with van der Waals surface area (Å²) in [6.07, 6.45) is 0. The Balaban J connectivity index is 2.52. The largest absolute Gasteiger partial charge is 0.244 e. The van der Waals surface area contributed by atoms with Crippen LogP contribution in [0, 0.1) is 0 Å². The van der Waals surface area contributed by atoms with Gasteiger partial charge in [0, 0.05) is 0 Å². The molecule has 11 heavy (non-hydrogen) atoms. The van der Waals surface area contributed by atoms with E-state index in [2.05, 4.69) is 37.9 Å². The lowest BCUT2D eigenvalue weighted by Gasteiger charge is -1.99. The zero-order valence-electron chi connectivity index (χ0n) is 6.87. The van der Waals surface area contributed by atoms with Crippen LogP contribution in [0.15, 0.2) is 24.3 Å². The molecule has 0 fully saturated rings. The lowest BCUT2D eigenvalue weighted by atomic mass is 9.60. The van der Waals surface area contributed by atoms with Crippen LogP contribution in [0.1, 0.15) is 0 Å². The summed E-state index contributed by atoms with van der Waals surface area (Å²) in [7, 11) is 0. The van der Waals surface area contributed by atoms with Crippen molar-refractivity contribution in [3.63, 3.8) is 0 Å². The molecule has 0 nitrogen and oxygen atoms in total. The molecule has 0 N–H and O–H groups in total. The summed E-state index contributed by atoms with van der Waals surface area (Å²) in [4.78, 5) is 0. The molecule has 0 atom stereocenters. The number of benzene rings is 1. The normalized spacial score (nSPS) is 15.5. The van der Waals surface area contributed by atoms with Crippen molar-refractivity contribution in [1.82, 2.24) is 0 Å². The SMILES string of the molecule is CB1SB(C)c2ccccc21. The van der Waals surface area contributed by atoms with Gasteiger partial charge in [-0.25, -0.2) is 11.5 Å². The minimum Gasteiger partial charge on any atom is -0.244 e. The summed E-state index contributed by atoms with van der Waals surface area (Å²) in [6, 6.07) is 8.76. The van der Waals surface area contributed by atoms with Crippen LogP contribution in [0.5, 0.6) is 0 Å². The summed E-state index contributed by atoms with van der Waals surface area (Å²) < 4.78 is 0. The second-order valence-corrected chi connectivity index (χ2v) is 4.74. The lowest BCUT2D eigenvalue weighted by Crippen LogP contribution is -2.32. The van der Waals surface area contributed by atoms with E-state index in [4.69, 9.17) is 0 Å². The van der Waals surface area contributed by atoms with Gasteiger partial charge >= 0.3 is 0 Å². The van der Waals surface area contributed by atoms with Crippen molar-refractivity contribution < 1.29 is 0 Å². The summed E-state index contributed by atoms with van der Waals surface area (Å²) in [5.41, 5.74) is 3.06. The number of fused-ring (bicyclic) bond motifs is 1. The van der Waals surface area contributed by atoms with E-state index in [1.165, 1.54) is 10.9 Å². The second kappa shape index (κ2) is 2.63. The lowest BCUT2D eigenvalue weighted by molar-refractivity contribution is 1.81.